The molecule has 0 saturated carbocycles. The molecule has 4 unspecified atom stereocenters. The van der Waals surface area contributed by atoms with Crippen LogP contribution < -0.4 is 27.4 Å². The fraction of sp³-hybridized carbons (Fsp3) is 0.455. The molecular weight excluding hydrogens is 478 g/mol. The Morgan fingerprint density at radius 3 is 1.81 bits per heavy atom. The number of nitrogens with two attached hydrogens (primary N) is 2. The molecule has 10 N–H and O–H groups in total. The van der Waals surface area contributed by atoms with E-state index in [1.807, 2.05) is 0 Å². The minimum Gasteiger partial charge on any atom is -0.508 e. The Morgan fingerprint density at radius 2 is 1.33 bits per heavy atom. The van der Waals surface area contributed by atoms with Crippen LogP contribution in [-0.2, 0) is 35.2 Å². The van der Waals surface area contributed by atoms with E-state index in [1.54, 1.807) is 0 Å². The highest BCUT2D eigenvalue weighted by Gasteiger charge is 2.33. The van der Waals surface area contributed by atoms with Crippen molar-refractivity contribution in [2.24, 2.45) is 17.4 Å². The smallest absolute Gasteiger partial charge is 0.326 e. The van der Waals surface area contributed by atoms with Crippen LogP contribution >= 0.6 is 0 Å². The maximum Gasteiger partial charge on any atom is 0.326 e. The highest BCUT2D eigenvalue weighted by atomic mass is 16.4. The lowest BCUT2D eigenvalue weighted by atomic mass is 10.0. The van der Waals surface area contributed by atoms with Crippen LogP contribution in [0, 0.1) is 5.92 Å². The number of phenols is 1. The molecule has 198 valence electrons. The Bertz CT molecular complexity index is 981. The minimum atomic E-state index is -1.68. The third kappa shape index (κ3) is 9.97. The Morgan fingerprint density at radius 1 is 0.833 bits per heavy atom. The predicted molar refractivity (Wildman–Crippen MR) is 124 cm³/mol. The number of rotatable bonds is 14. The van der Waals surface area contributed by atoms with Gasteiger partial charge in [-0.05, 0) is 30.0 Å². The molecule has 0 saturated heterocycles. The van der Waals surface area contributed by atoms with Crippen LogP contribution in [0.5, 0.6) is 5.75 Å². The summed E-state index contributed by atoms with van der Waals surface area (Å²) in [6.45, 7) is 3.06. The molecule has 0 bridgehead atoms. The number of aliphatic carboxylic acids is 2. The SMILES string of the molecule is CC(C)C(NC(=O)C(CC(N)=O)NC(=O)C(CC(=O)O)NC(=O)C(N)Cc1ccc(O)cc1)C(=O)O. The van der Waals surface area contributed by atoms with E-state index in [0.29, 0.717) is 5.56 Å². The second kappa shape index (κ2) is 13.6. The first-order chi connectivity index (χ1) is 16.7. The second-order valence-corrected chi connectivity index (χ2v) is 8.44. The van der Waals surface area contributed by atoms with Crippen LogP contribution in [0.15, 0.2) is 24.3 Å². The number of hydrogen-bond acceptors (Lipinski definition) is 8. The summed E-state index contributed by atoms with van der Waals surface area (Å²) >= 11 is 0. The molecule has 0 radical (unpaired) electrons. The summed E-state index contributed by atoms with van der Waals surface area (Å²) in [5.74, 6) is -7.36. The highest BCUT2D eigenvalue weighted by Crippen LogP contribution is 2.11. The van der Waals surface area contributed by atoms with Crippen molar-refractivity contribution in [1.29, 1.82) is 0 Å². The number of nitrogens with one attached hydrogen (secondary N) is 3. The van der Waals surface area contributed by atoms with E-state index >= 15 is 0 Å². The van der Waals surface area contributed by atoms with Gasteiger partial charge in [0.1, 0.15) is 23.9 Å². The van der Waals surface area contributed by atoms with E-state index in [0.717, 1.165) is 0 Å². The molecule has 14 nitrogen and oxygen atoms in total. The highest BCUT2D eigenvalue weighted by molar-refractivity contribution is 5.97. The predicted octanol–water partition coefficient (Wildman–Crippen LogP) is -2.19. The van der Waals surface area contributed by atoms with E-state index in [4.69, 9.17) is 11.5 Å². The van der Waals surface area contributed by atoms with E-state index in [2.05, 4.69) is 16.0 Å². The van der Waals surface area contributed by atoms with Crippen LogP contribution in [0.3, 0.4) is 0 Å². The van der Waals surface area contributed by atoms with Crippen molar-refractivity contribution in [1.82, 2.24) is 16.0 Å². The molecule has 0 heterocycles. The first-order valence-corrected chi connectivity index (χ1v) is 10.9. The number of carbonyl (C=O) groups is 6. The number of primary amides is 1. The number of hydrogen-bond donors (Lipinski definition) is 8. The van der Waals surface area contributed by atoms with E-state index in [1.165, 1.54) is 38.1 Å². The lowest BCUT2D eigenvalue weighted by molar-refractivity contribution is -0.144. The van der Waals surface area contributed by atoms with Crippen LogP contribution in [0.4, 0.5) is 0 Å². The van der Waals surface area contributed by atoms with Gasteiger partial charge in [-0.15, -0.1) is 0 Å². The minimum absolute atomic E-state index is 0.00596. The largest absolute Gasteiger partial charge is 0.508 e. The zero-order valence-corrected chi connectivity index (χ0v) is 19.8. The van der Waals surface area contributed by atoms with Crippen molar-refractivity contribution in [2.75, 3.05) is 0 Å². The molecule has 0 aliphatic rings. The summed E-state index contributed by atoms with van der Waals surface area (Å²) in [5.41, 5.74) is 11.6. The van der Waals surface area contributed by atoms with E-state index < -0.39 is 78.5 Å². The Kier molecular flexibility index (Phi) is 11.3. The van der Waals surface area contributed by atoms with Crippen LogP contribution in [0.2, 0.25) is 0 Å². The first-order valence-electron chi connectivity index (χ1n) is 10.9. The van der Waals surface area contributed by atoms with Crippen molar-refractivity contribution >= 4 is 35.6 Å². The Labute approximate surface area is 206 Å². The van der Waals surface area contributed by atoms with Gasteiger partial charge in [-0.1, -0.05) is 26.0 Å². The molecule has 0 aliphatic heterocycles. The molecule has 1 aromatic carbocycles. The summed E-state index contributed by atoms with van der Waals surface area (Å²) in [6, 6.07) is -0.00377. The lowest BCUT2D eigenvalue weighted by Gasteiger charge is -2.25. The standard InChI is InChI=1S/C22H31N5O9/c1-10(2)18(22(35)36)27-21(34)14(8-16(24)29)26-20(33)15(9-17(30)31)25-19(32)13(23)7-11-3-5-12(28)6-4-11/h3-6,10,13-15,18,28H,7-9,23H2,1-2H3,(H2,24,29)(H,25,32)(H,26,33)(H,27,34)(H,30,31)(H,35,36). The van der Waals surface area contributed by atoms with Crippen LogP contribution in [0.25, 0.3) is 0 Å². The average molecular weight is 510 g/mol. The summed E-state index contributed by atoms with van der Waals surface area (Å²) in [5, 5.41) is 34.3. The van der Waals surface area contributed by atoms with Gasteiger partial charge in [-0.3, -0.25) is 24.0 Å². The van der Waals surface area contributed by atoms with E-state index in [-0.39, 0.29) is 12.2 Å². The second-order valence-electron chi connectivity index (χ2n) is 8.44. The molecule has 0 aromatic heterocycles. The molecule has 1 rings (SSSR count). The normalized spacial score (nSPS) is 14.1. The number of carboxylic acids is 2. The van der Waals surface area contributed by atoms with Gasteiger partial charge in [0.05, 0.1) is 18.9 Å². The zero-order valence-electron chi connectivity index (χ0n) is 19.8. The third-order valence-corrected chi connectivity index (χ3v) is 5.01. The summed E-state index contributed by atoms with van der Waals surface area (Å²) < 4.78 is 0. The molecular formula is C22H31N5O9. The number of aromatic hydroxyl groups is 1. The first kappa shape index (κ1) is 29.8. The van der Waals surface area contributed by atoms with Gasteiger partial charge < -0.3 is 42.7 Å². The molecule has 0 spiro atoms. The van der Waals surface area contributed by atoms with Gasteiger partial charge in [0.15, 0.2) is 0 Å². The third-order valence-electron chi connectivity index (χ3n) is 5.01. The van der Waals surface area contributed by atoms with Gasteiger partial charge in [0, 0.05) is 0 Å². The fourth-order valence-electron chi connectivity index (χ4n) is 3.09. The molecule has 0 aliphatic carbocycles. The molecule has 1 aromatic rings. The number of amides is 4. The summed E-state index contributed by atoms with van der Waals surface area (Å²) in [6.07, 6.45) is -1.58. The van der Waals surface area contributed by atoms with Crippen molar-refractivity contribution in [3.8, 4) is 5.75 Å². The van der Waals surface area contributed by atoms with Crippen LogP contribution in [-0.4, -0.2) is 75.1 Å². The quantitative estimate of drug-likeness (QED) is 0.134. The van der Waals surface area contributed by atoms with Gasteiger partial charge in [-0.25, -0.2) is 4.79 Å². The molecule has 36 heavy (non-hydrogen) atoms. The maximum absolute atomic E-state index is 12.8. The number of carbonyl (C=O) groups excluding carboxylic acids is 4. The summed E-state index contributed by atoms with van der Waals surface area (Å²) in [4.78, 5) is 72.0. The van der Waals surface area contributed by atoms with Gasteiger partial charge in [0.2, 0.25) is 23.6 Å². The van der Waals surface area contributed by atoms with Crippen molar-refractivity contribution in [3.63, 3.8) is 0 Å². The van der Waals surface area contributed by atoms with Gasteiger partial charge in [-0.2, -0.15) is 0 Å². The molecule has 4 amide bonds. The monoisotopic (exact) mass is 509 g/mol. The van der Waals surface area contributed by atoms with Crippen molar-refractivity contribution in [3.05, 3.63) is 29.8 Å². The molecule has 14 heteroatoms. The molecule has 0 fully saturated rings. The van der Waals surface area contributed by atoms with E-state index in [9.17, 15) is 44.1 Å². The van der Waals surface area contributed by atoms with Crippen LogP contribution in [0.1, 0.15) is 32.3 Å². The van der Waals surface area contributed by atoms with Crippen molar-refractivity contribution < 1.29 is 44.1 Å². The van der Waals surface area contributed by atoms with Gasteiger partial charge in [0.25, 0.3) is 0 Å². The number of benzene rings is 1. The Balaban J connectivity index is 2.99. The topological polar surface area (TPSA) is 251 Å². The Hall–Kier alpha value is -4.20. The van der Waals surface area contributed by atoms with Crippen molar-refractivity contribution in [2.45, 2.75) is 57.3 Å². The lowest BCUT2D eigenvalue weighted by Crippen LogP contribution is -2.58. The zero-order chi connectivity index (χ0) is 27.6. The number of phenolic OH excluding ortho intramolecular Hbond substituents is 1. The summed E-state index contributed by atoms with van der Waals surface area (Å²) in [7, 11) is 0. The average Bonchev–Trinajstić information content (AvgIpc) is 2.76. The number of carboxylic acid groups (broad SMARTS) is 2. The maximum atomic E-state index is 12.8. The fourth-order valence-corrected chi connectivity index (χ4v) is 3.09. The molecule has 4 atom stereocenters. The van der Waals surface area contributed by atoms with Gasteiger partial charge >= 0.3 is 11.9 Å².